The monoisotopic (exact) mass is 495 g/mol. The first-order valence-electron chi connectivity index (χ1n) is 13.0. The molecular weight excluding hydrogens is 462 g/mol. The van der Waals surface area contributed by atoms with Crippen LogP contribution in [0, 0.1) is 0 Å². The minimum atomic E-state index is 0.705. The van der Waals surface area contributed by atoms with E-state index in [0.717, 1.165) is 17.6 Å². The second-order valence-corrected chi connectivity index (χ2v) is 9.34. The Morgan fingerprint density at radius 3 is 2.66 bits per heavy atom. The maximum absolute atomic E-state index is 4.55. The summed E-state index contributed by atoms with van der Waals surface area (Å²) < 4.78 is 0. The SMILES string of the molecule is CN/C=C\C(C(C=CC1=CC=NCc2ccccc21)=CC=C1C=CN(C)c2ccccc21)=C1\C=CC=CC1. The molecule has 2 aromatic rings. The van der Waals surface area contributed by atoms with Crippen molar-refractivity contribution in [2.75, 3.05) is 19.0 Å². The Hall–Kier alpha value is -4.63. The van der Waals surface area contributed by atoms with Crippen molar-refractivity contribution < 1.29 is 0 Å². The zero-order valence-electron chi connectivity index (χ0n) is 22.0. The second kappa shape index (κ2) is 12.1. The van der Waals surface area contributed by atoms with Gasteiger partial charge in [-0.1, -0.05) is 91.1 Å². The normalized spacial score (nSPS) is 19.1. The number of nitrogens with one attached hydrogen (secondary N) is 1. The molecule has 0 fully saturated rings. The average Bonchev–Trinajstić information content (AvgIpc) is 3.18. The van der Waals surface area contributed by atoms with E-state index in [2.05, 4.69) is 144 Å². The number of fused-ring (bicyclic) bond motifs is 2. The van der Waals surface area contributed by atoms with E-state index in [9.17, 15) is 0 Å². The molecule has 38 heavy (non-hydrogen) atoms. The lowest BCUT2D eigenvalue weighted by Gasteiger charge is -2.23. The summed E-state index contributed by atoms with van der Waals surface area (Å²) in [6.45, 7) is 0.705. The summed E-state index contributed by atoms with van der Waals surface area (Å²) in [5.74, 6) is 0. The van der Waals surface area contributed by atoms with Crippen LogP contribution in [0.1, 0.15) is 23.1 Å². The third-order valence-electron chi connectivity index (χ3n) is 6.86. The molecule has 0 aromatic heterocycles. The maximum Gasteiger partial charge on any atom is 0.0645 e. The molecule has 0 amide bonds. The summed E-state index contributed by atoms with van der Waals surface area (Å²) in [5, 5.41) is 3.17. The van der Waals surface area contributed by atoms with E-state index >= 15 is 0 Å². The van der Waals surface area contributed by atoms with Crippen molar-refractivity contribution in [3.05, 3.63) is 161 Å². The van der Waals surface area contributed by atoms with Gasteiger partial charge in [0.05, 0.1) is 6.54 Å². The number of hydrogen-bond donors (Lipinski definition) is 1. The summed E-state index contributed by atoms with van der Waals surface area (Å²) in [4.78, 5) is 6.71. The number of aliphatic imine (C=N–C) groups is 1. The summed E-state index contributed by atoms with van der Waals surface area (Å²) in [6.07, 6.45) is 31.0. The van der Waals surface area contributed by atoms with E-state index in [1.807, 2.05) is 19.5 Å². The number of rotatable bonds is 6. The number of anilines is 1. The van der Waals surface area contributed by atoms with E-state index in [-0.39, 0.29) is 0 Å². The Labute approximate surface area is 226 Å². The highest BCUT2D eigenvalue weighted by molar-refractivity contribution is 5.91. The molecule has 0 saturated heterocycles. The summed E-state index contributed by atoms with van der Waals surface area (Å²) >= 11 is 0. The minimum Gasteiger partial charge on any atom is -0.394 e. The number of hydrogen-bond acceptors (Lipinski definition) is 3. The van der Waals surface area contributed by atoms with Gasteiger partial charge in [-0.15, -0.1) is 0 Å². The molecule has 0 bridgehead atoms. The van der Waals surface area contributed by atoms with Crippen molar-refractivity contribution in [2.24, 2.45) is 4.99 Å². The Bertz CT molecular complexity index is 1500. The van der Waals surface area contributed by atoms with Crippen LogP contribution in [0.5, 0.6) is 0 Å². The molecule has 3 nitrogen and oxygen atoms in total. The number of benzene rings is 2. The van der Waals surface area contributed by atoms with Gasteiger partial charge in [-0.2, -0.15) is 0 Å². The maximum atomic E-state index is 4.55. The molecule has 5 rings (SSSR count). The quantitative estimate of drug-likeness (QED) is 0.415. The topological polar surface area (TPSA) is 27.6 Å². The average molecular weight is 496 g/mol. The lowest BCUT2D eigenvalue weighted by Crippen LogP contribution is -2.13. The number of nitrogens with zero attached hydrogens (tertiary/aromatic N) is 2. The Balaban J connectivity index is 1.62. The number of allylic oxidation sites excluding steroid dienone is 16. The summed E-state index contributed by atoms with van der Waals surface area (Å²) in [6, 6.07) is 17.1. The third-order valence-corrected chi connectivity index (χ3v) is 6.86. The van der Waals surface area contributed by atoms with Crippen molar-refractivity contribution >= 4 is 23.0 Å². The first-order chi connectivity index (χ1) is 18.7. The Morgan fingerprint density at radius 1 is 0.974 bits per heavy atom. The van der Waals surface area contributed by atoms with Crippen molar-refractivity contribution in [1.82, 2.24) is 5.32 Å². The van der Waals surface area contributed by atoms with E-state index < -0.39 is 0 Å². The van der Waals surface area contributed by atoms with Crippen molar-refractivity contribution in [3.63, 3.8) is 0 Å². The smallest absolute Gasteiger partial charge is 0.0645 e. The zero-order valence-corrected chi connectivity index (χ0v) is 22.0. The van der Waals surface area contributed by atoms with Crippen molar-refractivity contribution in [1.29, 1.82) is 0 Å². The molecule has 2 aromatic carbocycles. The predicted octanol–water partition coefficient (Wildman–Crippen LogP) is 7.73. The van der Waals surface area contributed by atoms with Crippen LogP contribution in [0.2, 0.25) is 0 Å². The van der Waals surface area contributed by atoms with E-state index in [1.54, 1.807) is 0 Å². The summed E-state index contributed by atoms with van der Waals surface area (Å²) in [7, 11) is 4.02. The minimum absolute atomic E-state index is 0.705. The molecular formula is C35H33N3. The molecule has 3 aliphatic rings. The fourth-order valence-corrected chi connectivity index (χ4v) is 4.85. The van der Waals surface area contributed by atoms with Gasteiger partial charge >= 0.3 is 0 Å². The Kier molecular flexibility index (Phi) is 7.95. The zero-order chi connectivity index (χ0) is 26.2. The van der Waals surface area contributed by atoms with Crippen LogP contribution in [0.3, 0.4) is 0 Å². The first-order valence-corrected chi connectivity index (χ1v) is 13.0. The Morgan fingerprint density at radius 2 is 1.82 bits per heavy atom. The highest BCUT2D eigenvalue weighted by Gasteiger charge is 2.13. The van der Waals surface area contributed by atoms with Gasteiger partial charge in [0.25, 0.3) is 0 Å². The van der Waals surface area contributed by atoms with Gasteiger partial charge in [0.1, 0.15) is 0 Å². The van der Waals surface area contributed by atoms with Crippen LogP contribution in [-0.2, 0) is 6.54 Å². The van der Waals surface area contributed by atoms with E-state index in [1.165, 1.54) is 39.1 Å². The molecule has 0 atom stereocenters. The van der Waals surface area contributed by atoms with Gasteiger partial charge in [-0.05, 0) is 75.9 Å². The van der Waals surface area contributed by atoms with Crippen molar-refractivity contribution in [3.8, 4) is 0 Å². The fraction of sp³-hybridized carbons (Fsp3) is 0.114. The van der Waals surface area contributed by atoms with Crippen LogP contribution in [0.4, 0.5) is 5.69 Å². The predicted molar refractivity (Wildman–Crippen MR) is 164 cm³/mol. The van der Waals surface area contributed by atoms with Crippen molar-refractivity contribution in [2.45, 2.75) is 13.0 Å². The molecule has 188 valence electrons. The van der Waals surface area contributed by atoms with Crippen LogP contribution < -0.4 is 10.2 Å². The highest BCUT2D eigenvalue weighted by Crippen LogP contribution is 2.33. The van der Waals surface area contributed by atoms with E-state index in [0.29, 0.717) is 6.54 Å². The van der Waals surface area contributed by atoms with Gasteiger partial charge in [-0.3, -0.25) is 4.99 Å². The molecule has 2 heterocycles. The van der Waals surface area contributed by atoms with Crippen LogP contribution in [-0.4, -0.2) is 20.3 Å². The van der Waals surface area contributed by atoms with E-state index in [4.69, 9.17) is 0 Å². The first kappa shape index (κ1) is 25.0. The van der Waals surface area contributed by atoms with Gasteiger partial charge < -0.3 is 10.2 Å². The molecule has 0 saturated carbocycles. The third kappa shape index (κ3) is 5.68. The van der Waals surface area contributed by atoms with Gasteiger partial charge in [0.2, 0.25) is 0 Å². The molecule has 0 unspecified atom stereocenters. The summed E-state index contributed by atoms with van der Waals surface area (Å²) in [5.41, 5.74) is 10.9. The standard InChI is InChI=1S/C35H33N3/c1-36-23-21-33(27-10-4-3-5-11-27)28(16-18-29-20-24-37-26-31-12-6-7-13-32(29)31)17-19-30-22-25-38(2)35-15-9-8-14-34(30)35/h3-10,12-25,36H,11,26H2,1-2H3/b18-16?,23-21-,28-17?,30-19?,33-27+. The molecule has 3 heteroatoms. The molecule has 1 N–H and O–H groups in total. The molecule has 0 spiro atoms. The molecule has 0 radical (unpaired) electrons. The van der Waals surface area contributed by atoms with Crippen LogP contribution in [0.15, 0.2) is 149 Å². The lowest BCUT2D eigenvalue weighted by atomic mass is 9.92. The molecule has 2 aliphatic heterocycles. The fourth-order valence-electron chi connectivity index (χ4n) is 4.85. The second-order valence-electron chi connectivity index (χ2n) is 9.34. The van der Waals surface area contributed by atoms with Gasteiger partial charge in [0, 0.05) is 37.8 Å². The lowest BCUT2D eigenvalue weighted by molar-refractivity contribution is 1.08. The largest absolute Gasteiger partial charge is 0.394 e. The van der Waals surface area contributed by atoms with Gasteiger partial charge in [-0.25, -0.2) is 0 Å². The number of para-hydroxylation sites is 1. The van der Waals surface area contributed by atoms with Crippen LogP contribution in [0.25, 0.3) is 11.1 Å². The van der Waals surface area contributed by atoms with Crippen LogP contribution >= 0.6 is 0 Å². The van der Waals surface area contributed by atoms with Gasteiger partial charge in [0.15, 0.2) is 0 Å². The highest BCUT2D eigenvalue weighted by atomic mass is 15.1. The molecule has 1 aliphatic carbocycles.